The Kier molecular flexibility index (Phi) is 4.07. The molecule has 0 amide bonds. The molecule has 0 spiro atoms. The third-order valence-electron chi connectivity index (χ3n) is 5.57. The number of aromatic nitrogens is 5. The zero-order valence-corrected chi connectivity index (χ0v) is 15.1. The molecule has 0 atom stereocenters. The van der Waals surface area contributed by atoms with E-state index < -0.39 is 0 Å². The van der Waals surface area contributed by atoms with Gasteiger partial charge < -0.3 is 5.32 Å². The molecule has 0 unspecified atom stereocenters. The van der Waals surface area contributed by atoms with Crippen LogP contribution >= 0.6 is 0 Å². The van der Waals surface area contributed by atoms with E-state index in [1.54, 1.807) is 23.1 Å². The lowest BCUT2D eigenvalue weighted by Gasteiger charge is -2.30. The molecule has 5 rings (SSSR count). The summed E-state index contributed by atoms with van der Waals surface area (Å²) in [6.45, 7) is 0. The summed E-state index contributed by atoms with van der Waals surface area (Å²) in [5.74, 6) is 1.40. The minimum Gasteiger partial charge on any atom is -0.367 e. The van der Waals surface area contributed by atoms with Gasteiger partial charge >= 0.3 is 0 Å². The maximum atomic E-state index is 12.3. The highest BCUT2D eigenvalue weighted by Gasteiger charge is 2.28. The van der Waals surface area contributed by atoms with Gasteiger partial charge in [0.1, 0.15) is 11.3 Å². The fourth-order valence-electron chi connectivity index (χ4n) is 3.91. The summed E-state index contributed by atoms with van der Waals surface area (Å²) in [5, 5.41) is 8.17. The summed E-state index contributed by atoms with van der Waals surface area (Å²) < 4.78 is 1.73. The molecule has 7 heteroatoms. The van der Waals surface area contributed by atoms with Crippen molar-refractivity contribution in [3.63, 3.8) is 0 Å². The number of rotatable bonds is 4. The van der Waals surface area contributed by atoms with Crippen LogP contribution in [-0.4, -0.2) is 30.8 Å². The van der Waals surface area contributed by atoms with Gasteiger partial charge in [-0.2, -0.15) is 5.10 Å². The normalized spacial score (nSPS) is 22.7. The predicted molar refractivity (Wildman–Crippen MR) is 103 cm³/mol. The molecule has 2 aliphatic rings. The van der Waals surface area contributed by atoms with Gasteiger partial charge in [-0.3, -0.25) is 9.78 Å². The lowest BCUT2D eigenvalue weighted by atomic mass is 9.91. The van der Waals surface area contributed by atoms with Crippen molar-refractivity contribution in [3.8, 4) is 0 Å². The van der Waals surface area contributed by atoms with Crippen molar-refractivity contribution in [1.29, 1.82) is 0 Å². The van der Waals surface area contributed by atoms with Crippen molar-refractivity contribution in [2.24, 2.45) is 0 Å². The van der Waals surface area contributed by atoms with Crippen LogP contribution in [0.5, 0.6) is 0 Å². The Morgan fingerprint density at radius 1 is 0.926 bits per heavy atom. The van der Waals surface area contributed by atoms with Crippen molar-refractivity contribution in [2.45, 2.75) is 56.5 Å². The molecular formula is C20H22N6O. The van der Waals surface area contributed by atoms with Gasteiger partial charge in [0, 0.05) is 30.4 Å². The summed E-state index contributed by atoms with van der Waals surface area (Å²) >= 11 is 0. The van der Waals surface area contributed by atoms with Crippen molar-refractivity contribution in [1.82, 2.24) is 24.7 Å². The Morgan fingerprint density at radius 3 is 2.56 bits per heavy atom. The average molecular weight is 362 g/mol. The monoisotopic (exact) mass is 362 g/mol. The molecule has 3 aromatic heterocycles. The van der Waals surface area contributed by atoms with E-state index in [-0.39, 0.29) is 11.6 Å². The number of hydrogen-bond acceptors (Lipinski definition) is 6. The van der Waals surface area contributed by atoms with E-state index in [2.05, 4.69) is 25.4 Å². The molecule has 138 valence electrons. The molecule has 7 nitrogen and oxygen atoms in total. The van der Waals surface area contributed by atoms with E-state index in [0.717, 1.165) is 42.7 Å². The van der Waals surface area contributed by atoms with Crippen LogP contribution in [0.3, 0.4) is 0 Å². The standard InChI is InChI=1S/C20H22N6O/c27-19-10-8-16(13-1-2-13)25-26(19)15-5-3-14(4-6-15)23-18-9-7-17-20(24-18)22-12-11-21-17/h7-15H,1-6H2,(H,22,23,24). The first-order valence-electron chi connectivity index (χ1n) is 9.70. The number of hydrogen-bond donors (Lipinski definition) is 1. The molecule has 3 heterocycles. The molecule has 0 bridgehead atoms. The molecule has 0 saturated heterocycles. The topological polar surface area (TPSA) is 85.6 Å². The Morgan fingerprint density at radius 2 is 1.74 bits per heavy atom. The molecule has 3 aromatic rings. The SMILES string of the molecule is O=c1ccc(C2CC2)nn1C1CCC(Nc2ccc3nccnc3n2)CC1. The minimum absolute atomic E-state index is 0.0191. The number of nitrogens with zero attached hydrogens (tertiary/aromatic N) is 5. The van der Waals surface area contributed by atoms with Gasteiger partial charge in [-0.05, 0) is 56.7 Å². The van der Waals surface area contributed by atoms with E-state index in [0.29, 0.717) is 17.6 Å². The third-order valence-corrected chi connectivity index (χ3v) is 5.57. The fourth-order valence-corrected chi connectivity index (χ4v) is 3.91. The molecule has 0 aromatic carbocycles. The van der Waals surface area contributed by atoms with Crippen molar-refractivity contribution in [2.75, 3.05) is 5.32 Å². The minimum atomic E-state index is 0.0191. The zero-order chi connectivity index (χ0) is 18.2. The number of anilines is 1. The van der Waals surface area contributed by atoms with Gasteiger partial charge in [0.2, 0.25) is 0 Å². The largest absolute Gasteiger partial charge is 0.367 e. The maximum absolute atomic E-state index is 12.3. The molecule has 2 aliphatic carbocycles. The second-order valence-corrected chi connectivity index (χ2v) is 7.56. The van der Waals surface area contributed by atoms with Gasteiger partial charge in [0.05, 0.1) is 11.7 Å². The molecule has 0 radical (unpaired) electrons. The average Bonchev–Trinajstić information content (AvgIpc) is 3.54. The van der Waals surface area contributed by atoms with Crippen molar-refractivity contribution in [3.05, 3.63) is 52.7 Å². The highest BCUT2D eigenvalue weighted by molar-refractivity contribution is 5.71. The molecular weight excluding hydrogens is 340 g/mol. The number of fused-ring (bicyclic) bond motifs is 1. The highest BCUT2D eigenvalue weighted by Crippen LogP contribution is 2.38. The molecule has 1 N–H and O–H groups in total. The Balaban J connectivity index is 1.26. The van der Waals surface area contributed by atoms with Crippen LogP contribution < -0.4 is 10.9 Å². The van der Waals surface area contributed by atoms with Crippen LogP contribution in [0.15, 0.2) is 41.5 Å². The Hall–Kier alpha value is -2.83. The summed E-state index contributed by atoms with van der Waals surface area (Å²) in [6.07, 6.45) is 9.62. The van der Waals surface area contributed by atoms with Crippen LogP contribution in [0.1, 0.15) is 56.2 Å². The maximum Gasteiger partial charge on any atom is 0.267 e. The van der Waals surface area contributed by atoms with Crippen molar-refractivity contribution < 1.29 is 0 Å². The summed E-state index contributed by atoms with van der Waals surface area (Å²) in [6, 6.07) is 8.03. The fraction of sp³-hybridized carbons (Fsp3) is 0.450. The van der Waals surface area contributed by atoms with Crippen LogP contribution in [0.2, 0.25) is 0 Å². The van der Waals surface area contributed by atoms with E-state index in [1.807, 2.05) is 18.2 Å². The highest BCUT2D eigenvalue weighted by atomic mass is 16.1. The zero-order valence-electron chi connectivity index (χ0n) is 15.1. The third kappa shape index (κ3) is 3.41. The number of pyridine rings is 1. The van der Waals surface area contributed by atoms with Crippen LogP contribution in [-0.2, 0) is 0 Å². The Labute approximate surface area is 156 Å². The van der Waals surface area contributed by atoms with Gasteiger partial charge in [-0.15, -0.1) is 0 Å². The Bertz CT molecular complexity index is 1020. The predicted octanol–water partition coefficient (Wildman–Crippen LogP) is 3.05. The summed E-state index contributed by atoms with van der Waals surface area (Å²) in [5.41, 5.74) is 2.55. The van der Waals surface area contributed by atoms with Gasteiger partial charge in [0.15, 0.2) is 5.65 Å². The second-order valence-electron chi connectivity index (χ2n) is 7.56. The van der Waals surface area contributed by atoms with E-state index in [9.17, 15) is 4.79 Å². The van der Waals surface area contributed by atoms with Crippen molar-refractivity contribution >= 4 is 17.0 Å². The molecule has 2 saturated carbocycles. The van der Waals surface area contributed by atoms with E-state index in [4.69, 9.17) is 0 Å². The van der Waals surface area contributed by atoms with Gasteiger partial charge in [-0.25, -0.2) is 14.6 Å². The smallest absolute Gasteiger partial charge is 0.267 e. The summed E-state index contributed by atoms with van der Waals surface area (Å²) in [7, 11) is 0. The molecule has 0 aliphatic heterocycles. The lowest BCUT2D eigenvalue weighted by Crippen LogP contribution is -2.33. The molecule has 2 fully saturated rings. The van der Waals surface area contributed by atoms with Crippen LogP contribution in [0.4, 0.5) is 5.82 Å². The molecule has 27 heavy (non-hydrogen) atoms. The van der Waals surface area contributed by atoms with Crippen LogP contribution in [0.25, 0.3) is 11.2 Å². The van der Waals surface area contributed by atoms with E-state index >= 15 is 0 Å². The first-order chi connectivity index (χ1) is 13.3. The van der Waals surface area contributed by atoms with Crippen LogP contribution in [0, 0.1) is 0 Å². The summed E-state index contributed by atoms with van der Waals surface area (Å²) in [4.78, 5) is 25.3. The second kappa shape index (κ2) is 6.72. The van der Waals surface area contributed by atoms with E-state index in [1.165, 1.54) is 12.8 Å². The first kappa shape index (κ1) is 16.4. The number of nitrogens with one attached hydrogen (secondary N) is 1. The quantitative estimate of drug-likeness (QED) is 0.768. The van der Waals surface area contributed by atoms with Gasteiger partial charge in [-0.1, -0.05) is 0 Å². The first-order valence-corrected chi connectivity index (χ1v) is 9.70. The lowest BCUT2D eigenvalue weighted by molar-refractivity contribution is 0.301. The van der Waals surface area contributed by atoms with Gasteiger partial charge in [0.25, 0.3) is 5.56 Å².